The number of carbonyl (C=O) groups is 1. The summed E-state index contributed by atoms with van der Waals surface area (Å²) in [5, 5.41) is 9.90. The minimum Gasteiger partial charge on any atom is -0.477 e. The second-order valence-electron chi connectivity index (χ2n) is 4.89. The molecule has 1 aliphatic rings. The Morgan fingerprint density at radius 1 is 1.39 bits per heavy atom. The summed E-state index contributed by atoms with van der Waals surface area (Å²) in [6, 6.07) is 1.66. The third-order valence-corrected chi connectivity index (χ3v) is 3.60. The largest absolute Gasteiger partial charge is 0.477 e. The van der Waals surface area contributed by atoms with Gasteiger partial charge in [-0.2, -0.15) is 0 Å². The van der Waals surface area contributed by atoms with Crippen LogP contribution in [0.5, 0.6) is 0 Å². The highest BCUT2D eigenvalue weighted by Crippen LogP contribution is 2.36. The van der Waals surface area contributed by atoms with Crippen molar-refractivity contribution in [3.63, 3.8) is 0 Å². The molecule has 0 unspecified atom stereocenters. The zero-order chi connectivity index (χ0) is 12.7. The first-order chi connectivity index (χ1) is 8.65. The topological polar surface area (TPSA) is 78.9 Å². The van der Waals surface area contributed by atoms with Crippen molar-refractivity contribution in [3.8, 4) is 0 Å². The third kappa shape index (κ3) is 1.75. The molecule has 2 aromatic rings. The molecular formula is C13H15N3O2. The first-order valence-corrected chi connectivity index (χ1v) is 6.25. The van der Waals surface area contributed by atoms with Crippen LogP contribution >= 0.6 is 0 Å². The minimum atomic E-state index is -0.956. The smallest absolute Gasteiger partial charge is 0.352 e. The van der Waals surface area contributed by atoms with Gasteiger partial charge in [-0.3, -0.25) is 0 Å². The van der Waals surface area contributed by atoms with Gasteiger partial charge >= 0.3 is 5.97 Å². The van der Waals surface area contributed by atoms with Gasteiger partial charge in [-0.25, -0.2) is 14.8 Å². The number of aromatic carboxylic acids is 1. The summed E-state index contributed by atoms with van der Waals surface area (Å²) in [7, 11) is 0. The lowest BCUT2D eigenvalue weighted by Crippen LogP contribution is -2.01. The lowest BCUT2D eigenvalue weighted by Gasteiger charge is -2.10. The maximum atomic E-state index is 11.0. The van der Waals surface area contributed by atoms with E-state index in [1.807, 2.05) is 6.92 Å². The second-order valence-corrected chi connectivity index (χ2v) is 4.89. The van der Waals surface area contributed by atoms with Crippen LogP contribution in [-0.2, 0) is 0 Å². The molecule has 0 radical (unpaired) electrons. The van der Waals surface area contributed by atoms with Gasteiger partial charge in [-0.15, -0.1) is 0 Å². The molecule has 0 bridgehead atoms. The highest BCUT2D eigenvalue weighted by Gasteiger charge is 2.23. The molecule has 5 nitrogen and oxygen atoms in total. The number of nitrogens with one attached hydrogen (secondary N) is 1. The van der Waals surface area contributed by atoms with Gasteiger partial charge in [0.2, 0.25) is 0 Å². The van der Waals surface area contributed by atoms with Crippen molar-refractivity contribution >= 4 is 17.0 Å². The van der Waals surface area contributed by atoms with E-state index in [0.29, 0.717) is 17.4 Å². The number of nitrogens with zero attached hydrogens (tertiary/aromatic N) is 2. The third-order valence-electron chi connectivity index (χ3n) is 3.60. The first kappa shape index (κ1) is 11.2. The molecule has 0 aromatic carbocycles. The van der Waals surface area contributed by atoms with Crippen LogP contribution in [0.4, 0.5) is 0 Å². The average molecular weight is 245 g/mol. The standard InChI is InChI=1S/C13H15N3O2/c1-7-14-11(8-4-2-3-5-8)9-6-10(13(17)18)16-12(9)15-7/h6,8H,2-5H2,1H3,(H,17,18)(H,14,15,16). The van der Waals surface area contributed by atoms with Crippen LogP contribution in [0.15, 0.2) is 6.07 Å². The molecule has 0 saturated heterocycles. The first-order valence-electron chi connectivity index (χ1n) is 6.25. The summed E-state index contributed by atoms with van der Waals surface area (Å²) < 4.78 is 0. The fourth-order valence-corrected chi connectivity index (χ4v) is 2.77. The van der Waals surface area contributed by atoms with Gasteiger partial charge in [0.25, 0.3) is 0 Å². The van der Waals surface area contributed by atoms with Crippen LogP contribution in [0.2, 0.25) is 0 Å². The summed E-state index contributed by atoms with van der Waals surface area (Å²) in [5.41, 5.74) is 1.84. The number of hydrogen-bond acceptors (Lipinski definition) is 3. The fourth-order valence-electron chi connectivity index (χ4n) is 2.77. The Morgan fingerprint density at radius 2 is 2.11 bits per heavy atom. The fraction of sp³-hybridized carbons (Fsp3) is 0.462. The lowest BCUT2D eigenvalue weighted by atomic mass is 10.0. The van der Waals surface area contributed by atoms with Crippen molar-refractivity contribution in [2.75, 3.05) is 0 Å². The van der Waals surface area contributed by atoms with Crippen molar-refractivity contribution in [3.05, 3.63) is 23.3 Å². The van der Waals surface area contributed by atoms with E-state index in [1.165, 1.54) is 12.8 Å². The van der Waals surface area contributed by atoms with Crippen molar-refractivity contribution in [1.82, 2.24) is 15.0 Å². The van der Waals surface area contributed by atoms with Gasteiger partial charge < -0.3 is 10.1 Å². The predicted octanol–water partition coefficient (Wildman–Crippen LogP) is 2.62. The minimum absolute atomic E-state index is 0.184. The Balaban J connectivity index is 2.19. The van der Waals surface area contributed by atoms with Crippen LogP contribution in [-0.4, -0.2) is 26.0 Å². The maximum Gasteiger partial charge on any atom is 0.352 e. The number of carboxylic acid groups (broad SMARTS) is 1. The van der Waals surface area contributed by atoms with Gasteiger partial charge in [0.1, 0.15) is 17.2 Å². The Morgan fingerprint density at radius 3 is 2.78 bits per heavy atom. The Bertz CT molecular complexity index is 612. The van der Waals surface area contributed by atoms with Crippen molar-refractivity contribution in [1.29, 1.82) is 0 Å². The van der Waals surface area contributed by atoms with Crippen LogP contribution < -0.4 is 0 Å². The van der Waals surface area contributed by atoms with Gasteiger partial charge in [-0.1, -0.05) is 12.8 Å². The molecule has 94 valence electrons. The van der Waals surface area contributed by atoms with Crippen LogP contribution in [0.25, 0.3) is 11.0 Å². The van der Waals surface area contributed by atoms with Gasteiger partial charge in [0.15, 0.2) is 0 Å². The number of aryl methyl sites for hydroxylation is 1. The normalized spacial score (nSPS) is 16.5. The van der Waals surface area contributed by atoms with Gasteiger partial charge in [0, 0.05) is 11.3 Å². The van der Waals surface area contributed by atoms with E-state index in [2.05, 4.69) is 15.0 Å². The zero-order valence-corrected chi connectivity index (χ0v) is 10.2. The molecule has 1 fully saturated rings. The number of carboxylic acids is 1. The van der Waals surface area contributed by atoms with E-state index in [9.17, 15) is 4.79 Å². The molecular weight excluding hydrogens is 230 g/mol. The number of aromatic amines is 1. The number of rotatable bonds is 2. The summed E-state index contributed by atoms with van der Waals surface area (Å²) in [5.74, 6) is 0.192. The summed E-state index contributed by atoms with van der Waals surface area (Å²) in [6.07, 6.45) is 4.73. The molecule has 0 amide bonds. The average Bonchev–Trinajstić information content (AvgIpc) is 2.96. The number of aromatic nitrogens is 3. The quantitative estimate of drug-likeness (QED) is 0.852. The molecule has 2 aromatic heterocycles. The molecule has 18 heavy (non-hydrogen) atoms. The molecule has 2 N–H and O–H groups in total. The number of H-pyrrole nitrogens is 1. The van der Waals surface area contributed by atoms with E-state index in [4.69, 9.17) is 5.11 Å². The molecule has 5 heteroatoms. The highest BCUT2D eigenvalue weighted by molar-refractivity contribution is 5.93. The van der Waals surface area contributed by atoms with E-state index in [0.717, 1.165) is 23.9 Å². The maximum absolute atomic E-state index is 11.0. The predicted molar refractivity (Wildman–Crippen MR) is 66.8 cm³/mol. The zero-order valence-electron chi connectivity index (χ0n) is 10.2. The number of fused-ring (bicyclic) bond motifs is 1. The van der Waals surface area contributed by atoms with Crippen LogP contribution in [0, 0.1) is 6.92 Å². The summed E-state index contributed by atoms with van der Waals surface area (Å²) in [6.45, 7) is 1.85. The van der Waals surface area contributed by atoms with E-state index >= 15 is 0 Å². The lowest BCUT2D eigenvalue weighted by molar-refractivity contribution is 0.0691. The molecule has 0 atom stereocenters. The van der Waals surface area contributed by atoms with Gasteiger partial charge in [0.05, 0.1) is 5.69 Å². The Hall–Kier alpha value is -1.91. The Labute approximate surface area is 104 Å². The highest BCUT2D eigenvalue weighted by atomic mass is 16.4. The van der Waals surface area contributed by atoms with Gasteiger partial charge in [-0.05, 0) is 25.8 Å². The van der Waals surface area contributed by atoms with Crippen molar-refractivity contribution in [2.24, 2.45) is 0 Å². The molecule has 0 aliphatic heterocycles. The molecule has 0 spiro atoms. The van der Waals surface area contributed by atoms with E-state index in [-0.39, 0.29) is 5.69 Å². The van der Waals surface area contributed by atoms with Crippen molar-refractivity contribution < 1.29 is 9.90 Å². The number of hydrogen-bond donors (Lipinski definition) is 2. The van der Waals surface area contributed by atoms with E-state index in [1.54, 1.807) is 6.07 Å². The summed E-state index contributed by atoms with van der Waals surface area (Å²) >= 11 is 0. The van der Waals surface area contributed by atoms with E-state index < -0.39 is 5.97 Å². The summed E-state index contributed by atoms with van der Waals surface area (Å²) in [4.78, 5) is 22.7. The SMILES string of the molecule is Cc1nc(C2CCCC2)c2cc(C(=O)O)[nH]c2n1. The van der Waals surface area contributed by atoms with Crippen LogP contribution in [0.1, 0.15) is 53.6 Å². The Kier molecular flexibility index (Phi) is 2.54. The monoisotopic (exact) mass is 245 g/mol. The second kappa shape index (κ2) is 4.08. The molecule has 1 aliphatic carbocycles. The molecule has 2 heterocycles. The molecule has 1 saturated carbocycles. The van der Waals surface area contributed by atoms with Crippen LogP contribution in [0.3, 0.4) is 0 Å². The molecule has 3 rings (SSSR count). The van der Waals surface area contributed by atoms with Crippen molar-refractivity contribution in [2.45, 2.75) is 38.5 Å².